The van der Waals surface area contributed by atoms with E-state index in [9.17, 15) is 8.94 Å². The molecule has 0 heterocycles. The number of benzene rings is 1. The minimum absolute atomic E-state index is 0.180. The van der Waals surface area contributed by atoms with Crippen LogP contribution in [0.1, 0.15) is 39.3 Å². The molecule has 2 nitrogen and oxygen atoms in total. The highest BCUT2D eigenvalue weighted by atomic mass is 79.9. The van der Waals surface area contributed by atoms with Crippen LogP contribution in [0.25, 0.3) is 0 Å². The summed E-state index contributed by atoms with van der Waals surface area (Å²) in [5, 5.41) is 0. The Bertz CT molecular complexity index is 395. The molecule has 0 aliphatic heterocycles. The number of rotatable bonds is 3. The summed E-state index contributed by atoms with van der Waals surface area (Å²) in [6.07, 6.45) is 0. The van der Waals surface area contributed by atoms with Gasteiger partial charge < -0.3 is 4.55 Å². The summed E-state index contributed by atoms with van der Waals surface area (Å²) < 4.78 is 28.4. The Labute approximate surface area is 113 Å². The van der Waals surface area contributed by atoms with E-state index < -0.39 is 11.4 Å². The molecule has 1 N–H and O–H groups in total. The van der Waals surface area contributed by atoms with Crippen LogP contribution in [0, 0.1) is 5.82 Å². The molecule has 5 heteroatoms. The largest absolute Gasteiger partial charge is 0.598 e. The van der Waals surface area contributed by atoms with Gasteiger partial charge in [-0.05, 0) is 55.3 Å². The van der Waals surface area contributed by atoms with E-state index in [1.807, 2.05) is 33.8 Å². The van der Waals surface area contributed by atoms with Crippen molar-refractivity contribution in [3.63, 3.8) is 0 Å². The van der Waals surface area contributed by atoms with Crippen molar-refractivity contribution >= 4 is 27.3 Å². The first-order valence-electron chi connectivity index (χ1n) is 5.35. The zero-order chi connectivity index (χ0) is 13.2. The zero-order valence-electron chi connectivity index (χ0n) is 10.4. The van der Waals surface area contributed by atoms with Crippen molar-refractivity contribution in [1.29, 1.82) is 0 Å². The molecule has 1 aromatic carbocycles. The van der Waals surface area contributed by atoms with Crippen LogP contribution in [0.4, 0.5) is 4.39 Å². The van der Waals surface area contributed by atoms with Crippen molar-refractivity contribution in [3.05, 3.63) is 34.1 Å². The molecule has 0 amide bonds. The average Bonchev–Trinajstić information content (AvgIpc) is 2.20. The fourth-order valence-electron chi connectivity index (χ4n) is 1.26. The standard InChI is InChI=1S/C12H17BrFNOS/c1-8(15-17(16)12(2,3)4)9-6-5-7-10(14)11(9)13/h5-8,15H,1-4H3/t8-,17-/m1/s1. The summed E-state index contributed by atoms with van der Waals surface area (Å²) in [6, 6.07) is 4.67. The van der Waals surface area contributed by atoms with Crippen molar-refractivity contribution in [2.24, 2.45) is 0 Å². The van der Waals surface area contributed by atoms with Gasteiger partial charge in [-0.2, -0.15) is 0 Å². The van der Waals surface area contributed by atoms with Gasteiger partial charge in [0, 0.05) is 11.4 Å². The van der Waals surface area contributed by atoms with E-state index in [-0.39, 0.29) is 16.6 Å². The van der Waals surface area contributed by atoms with Gasteiger partial charge in [0.05, 0.1) is 10.5 Å². The van der Waals surface area contributed by atoms with Crippen LogP contribution in [0.5, 0.6) is 0 Å². The molecule has 0 spiro atoms. The van der Waals surface area contributed by atoms with Gasteiger partial charge in [0.1, 0.15) is 10.6 Å². The molecule has 0 aliphatic carbocycles. The SMILES string of the molecule is C[C@@H](N[S@+]([O-])C(C)(C)C)c1cccc(F)c1Br. The second kappa shape index (κ2) is 5.69. The second-order valence-electron chi connectivity index (χ2n) is 4.86. The van der Waals surface area contributed by atoms with Crippen molar-refractivity contribution < 1.29 is 8.94 Å². The Kier molecular flexibility index (Phi) is 5.01. The van der Waals surface area contributed by atoms with E-state index in [1.54, 1.807) is 6.07 Å². The molecular formula is C12H17BrFNOS. The Morgan fingerprint density at radius 1 is 1.41 bits per heavy atom. The minimum atomic E-state index is -1.18. The molecule has 0 unspecified atom stereocenters. The van der Waals surface area contributed by atoms with Crippen molar-refractivity contribution in [1.82, 2.24) is 4.72 Å². The van der Waals surface area contributed by atoms with E-state index in [0.29, 0.717) is 4.47 Å². The van der Waals surface area contributed by atoms with Gasteiger partial charge in [-0.15, -0.1) is 4.72 Å². The molecular weight excluding hydrogens is 305 g/mol. The normalized spacial score (nSPS) is 15.7. The molecule has 17 heavy (non-hydrogen) atoms. The van der Waals surface area contributed by atoms with E-state index in [0.717, 1.165) is 5.56 Å². The van der Waals surface area contributed by atoms with Crippen LogP contribution < -0.4 is 4.72 Å². The second-order valence-corrected chi connectivity index (χ2v) is 7.65. The lowest BCUT2D eigenvalue weighted by molar-refractivity contribution is 0.529. The molecule has 0 radical (unpaired) electrons. The third-order valence-corrected chi connectivity index (χ3v) is 4.80. The fourth-order valence-corrected chi connectivity index (χ4v) is 2.67. The summed E-state index contributed by atoms with van der Waals surface area (Å²) in [5.74, 6) is -0.308. The maximum Gasteiger partial charge on any atom is 0.137 e. The lowest BCUT2D eigenvalue weighted by Crippen LogP contribution is -2.40. The third-order valence-electron chi connectivity index (χ3n) is 2.29. The predicted octanol–water partition coefficient (Wildman–Crippen LogP) is 3.70. The Morgan fingerprint density at radius 2 is 2.00 bits per heavy atom. The first-order valence-corrected chi connectivity index (χ1v) is 7.29. The van der Waals surface area contributed by atoms with E-state index in [4.69, 9.17) is 0 Å². The molecule has 1 aromatic rings. The molecule has 0 fully saturated rings. The first-order chi connectivity index (χ1) is 7.73. The number of hydrogen-bond acceptors (Lipinski definition) is 2. The van der Waals surface area contributed by atoms with Crippen LogP contribution in [-0.4, -0.2) is 9.30 Å². The van der Waals surface area contributed by atoms with Crippen molar-refractivity contribution in [2.45, 2.75) is 38.5 Å². The van der Waals surface area contributed by atoms with Gasteiger partial charge in [-0.3, -0.25) is 0 Å². The molecule has 0 aliphatic rings. The molecule has 0 aromatic heterocycles. The van der Waals surface area contributed by atoms with Gasteiger partial charge in [0.25, 0.3) is 0 Å². The highest BCUT2D eigenvalue weighted by Crippen LogP contribution is 2.27. The monoisotopic (exact) mass is 321 g/mol. The highest BCUT2D eigenvalue weighted by Gasteiger charge is 2.29. The van der Waals surface area contributed by atoms with Crippen molar-refractivity contribution in [2.75, 3.05) is 0 Å². The van der Waals surface area contributed by atoms with Gasteiger partial charge >= 0.3 is 0 Å². The quantitative estimate of drug-likeness (QED) is 0.861. The molecule has 0 bridgehead atoms. The maximum absolute atomic E-state index is 13.4. The number of halogens is 2. The smallest absolute Gasteiger partial charge is 0.137 e. The van der Waals surface area contributed by atoms with Gasteiger partial charge in [0.2, 0.25) is 0 Å². The third kappa shape index (κ3) is 3.95. The Morgan fingerprint density at radius 3 is 2.53 bits per heavy atom. The van der Waals surface area contributed by atoms with Crippen molar-refractivity contribution in [3.8, 4) is 0 Å². The van der Waals surface area contributed by atoms with Gasteiger partial charge in [-0.25, -0.2) is 4.39 Å². The van der Waals surface area contributed by atoms with Crippen LogP contribution in [0.3, 0.4) is 0 Å². The average molecular weight is 322 g/mol. The van der Waals surface area contributed by atoms with Gasteiger partial charge in [0.15, 0.2) is 0 Å². The van der Waals surface area contributed by atoms with Crippen LogP contribution >= 0.6 is 15.9 Å². The van der Waals surface area contributed by atoms with E-state index in [2.05, 4.69) is 20.7 Å². The molecule has 2 atom stereocenters. The number of hydrogen-bond donors (Lipinski definition) is 1. The summed E-state index contributed by atoms with van der Waals surface area (Å²) in [4.78, 5) is 0. The lowest BCUT2D eigenvalue weighted by Gasteiger charge is -2.27. The molecule has 1 rings (SSSR count). The summed E-state index contributed by atoms with van der Waals surface area (Å²) in [7, 11) is 0. The van der Waals surface area contributed by atoms with E-state index in [1.165, 1.54) is 6.07 Å². The predicted molar refractivity (Wildman–Crippen MR) is 73.5 cm³/mol. The lowest BCUT2D eigenvalue weighted by atomic mass is 10.1. The summed E-state index contributed by atoms with van der Waals surface area (Å²) in [6.45, 7) is 7.54. The highest BCUT2D eigenvalue weighted by molar-refractivity contribution is 9.10. The molecule has 0 saturated heterocycles. The topological polar surface area (TPSA) is 35.1 Å². The van der Waals surface area contributed by atoms with Crippen LogP contribution in [-0.2, 0) is 11.4 Å². The maximum atomic E-state index is 13.4. The van der Waals surface area contributed by atoms with E-state index >= 15 is 0 Å². The fraction of sp³-hybridized carbons (Fsp3) is 0.500. The molecule has 96 valence electrons. The number of nitrogens with one attached hydrogen (secondary N) is 1. The Hall–Kier alpha value is -0.100. The van der Waals surface area contributed by atoms with Crippen LogP contribution in [0.15, 0.2) is 22.7 Å². The van der Waals surface area contributed by atoms with Crippen LogP contribution in [0.2, 0.25) is 0 Å². The molecule has 0 saturated carbocycles. The summed E-state index contributed by atoms with van der Waals surface area (Å²) in [5.41, 5.74) is 0.766. The Balaban J connectivity index is 2.84. The minimum Gasteiger partial charge on any atom is -0.598 e. The first kappa shape index (κ1) is 15.0. The summed E-state index contributed by atoms with van der Waals surface area (Å²) >= 11 is 2.03. The zero-order valence-corrected chi connectivity index (χ0v) is 12.8. The van der Waals surface area contributed by atoms with Gasteiger partial charge in [-0.1, -0.05) is 12.1 Å².